The summed E-state index contributed by atoms with van der Waals surface area (Å²) in [5, 5.41) is 13.9. The molecule has 0 aromatic carbocycles. The minimum atomic E-state index is -4.60. The maximum atomic E-state index is 13.0. The normalized spacial score (nSPS) is 14.2. The van der Waals surface area contributed by atoms with Gasteiger partial charge in [0.05, 0.1) is 39.9 Å². The van der Waals surface area contributed by atoms with Crippen LogP contribution >= 0.6 is 7.82 Å². The maximum absolute atomic E-state index is 13.0. The number of carbonyl (C=O) groups is 1. The van der Waals surface area contributed by atoms with Crippen LogP contribution in [-0.4, -0.2) is 68.5 Å². The zero-order valence-electron chi connectivity index (χ0n) is 46.3. The molecule has 8 nitrogen and oxygen atoms in total. The molecule has 0 heterocycles. The van der Waals surface area contributed by atoms with Crippen LogP contribution in [0.5, 0.6) is 0 Å². The Morgan fingerprint density at radius 3 is 1.26 bits per heavy atom. The number of quaternary nitrogens is 1. The van der Waals surface area contributed by atoms with Crippen LogP contribution in [0.25, 0.3) is 0 Å². The van der Waals surface area contributed by atoms with Crippen molar-refractivity contribution in [2.45, 2.75) is 289 Å². The number of allylic oxidation sites excluding steroid dienone is 7. The number of phosphoric ester groups is 1. The van der Waals surface area contributed by atoms with E-state index in [0.717, 1.165) is 44.9 Å². The molecule has 0 rings (SSSR count). The van der Waals surface area contributed by atoms with Gasteiger partial charge in [0, 0.05) is 6.42 Å². The molecule has 0 saturated heterocycles. The number of nitrogens with zero attached hydrogens (tertiary/aromatic N) is 1. The second-order valence-corrected chi connectivity index (χ2v) is 22.8. The van der Waals surface area contributed by atoms with Gasteiger partial charge in [0.15, 0.2) is 0 Å². The lowest BCUT2D eigenvalue weighted by Gasteiger charge is -2.29. The number of unbranched alkanes of at least 4 members (excludes halogenated alkanes) is 35. The molecular formula is C60H115N2O6P. The number of phosphoric acid groups is 1. The molecule has 0 aromatic heterocycles. The minimum Gasteiger partial charge on any atom is -0.756 e. The van der Waals surface area contributed by atoms with Crippen LogP contribution in [0.2, 0.25) is 0 Å². The second kappa shape index (κ2) is 51.4. The quantitative estimate of drug-likeness (QED) is 0.0272. The molecule has 0 spiro atoms. The number of hydrogen-bond acceptors (Lipinski definition) is 6. The fourth-order valence-electron chi connectivity index (χ4n) is 8.61. The summed E-state index contributed by atoms with van der Waals surface area (Å²) in [6.45, 7) is 4.64. The van der Waals surface area contributed by atoms with E-state index in [1.807, 2.05) is 27.2 Å². The first-order valence-corrected chi connectivity index (χ1v) is 31.0. The number of aliphatic hydroxyl groups is 1. The van der Waals surface area contributed by atoms with Gasteiger partial charge in [0.2, 0.25) is 5.91 Å². The van der Waals surface area contributed by atoms with E-state index in [4.69, 9.17) is 9.05 Å². The summed E-state index contributed by atoms with van der Waals surface area (Å²) in [6, 6.07) is -0.903. The van der Waals surface area contributed by atoms with Gasteiger partial charge in [0.25, 0.3) is 7.82 Å². The van der Waals surface area contributed by atoms with Crippen molar-refractivity contribution >= 4 is 13.7 Å². The SMILES string of the molecule is CCCCCCC/C=C\C/C=C\CCCCCCCCCCCCCCCCCCCC(=O)NC(COP(=O)([O-])OCC[N+](C)(C)C)C(O)/C=C/CC/C=C/CCCCCCCCCCCCCC. The summed E-state index contributed by atoms with van der Waals surface area (Å²) in [7, 11) is 1.25. The highest BCUT2D eigenvalue weighted by Crippen LogP contribution is 2.38. The van der Waals surface area contributed by atoms with Gasteiger partial charge in [-0.05, 0) is 64.2 Å². The van der Waals surface area contributed by atoms with Gasteiger partial charge in [-0.15, -0.1) is 0 Å². The van der Waals surface area contributed by atoms with Crippen molar-refractivity contribution in [2.75, 3.05) is 40.9 Å². The summed E-state index contributed by atoms with van der Waals surface area (Å²) in [4.78, 5) is 25.5. The highest BCUT2D eigenvalue weighted by Gasteiger charge is 2.23. The predicted octanol–water partition coefficient (Wildman–Crippen LogP) is 17.3. The summed E-state index contributed by atoms with van der Waals surface area (Å²) in [6.07, 6.45) is 67.7. The molecule has 406 valence electrons. The molecule has 3 unspecified atom stereocenters. The van der Waals surface area contributed by atoms with Crippen molar-refractivity contribution in [1.82, 2.24) is 5.32 Å². The lowest BCUT2D eigenvalue weighted by Crippen LogP contribution is -2.45. The second-order valence-electron chi connectivity index (χ2n) is 21.3. The van der Waals surface area contributed by atoms with Crippen LogP contribution in [-0.2, 0) is 18.4 Å². The Morgan fingerprint density at radius 1 is 0.507 bits per heavy atom. The summed E-state index contributed by atoms with van der Waals surface area (Å²) >= 11 is 0. The standard InChI is InChI=1S/C60H115N2O6P/c1-6-8-10-12-14-16-18-20-22-24-26-27-28-29-30-31-32-33-34-35-36-38-40-42-44-46-48-50-52-54-60(64)61-58(57-68-69(65,66)67-56-55-62(3,4)5)59(63)53-51-49-47-45-43-41-39-37-25-23-21-19-17-15-13-11-9-7-2/h18,20,24,26,43,45,51,53,58-59,63H,6-17,19,21-23,25,27-42,44,46-50,52,54-57H2,1-5H3,(H-,61,64,65,66)/b20-18-,26-24-,45-43+,53-51+. The summed E-state index contributed by atoms with van der Waals surface area (Å²) < 4.78 is 23.3. The van der Waals surface area contributed by atoms with Gasteiger partial charge >= 0.3 is 0 Å². The van der Waals surface area contributed by atoms with E-state index in [0.29, 0.717) is 17.4 Å². The molecule has 0 aliphatic heterocycles. The average Bonchev–Trinajstić information content (AvgIpc) is 3.31. The lowest BCUT2D eigenvalue weighted by molar-refractivity contribution is -0.870. The Balaban J connectivity index is 4.16. The largest absolute Gasteiger partial charge is 0.756 e. The fraction of sp³-hybridized carbons (Fsp3) is 0.850. The number of nitrogens with one attached hydrogen (secondary N) is 1. The molecule has 69 heavy (non-hydrogen) atoms. The molecule has 0 radical (unpaired) electrons. The molecule has 0 bridgehead atoms. The highest BCUT2D eigenvalue weighted by atomic mass is 31.2. The van der Waals surface area contributed by atoms with E-state index in [2.05, 4.69) is 55.6 Å². The summed E-state index contributed by atoms with van der Waals surface area (Å²) in [5.41, 5.74) is 0. The minimum absolute atomic E-state index is 0.00596. The van der Waals surface area contributed by atoms with Crippen LogP contribution in [0.4, 0.5) is 0 Å². The van der Waals surface area contributed by atoms with Crippen molar-refractivity contribution < 1.29 is 32.9 Å². The third-order valence-electron chi connectivity index (χ3n) is 13.3. The molecule has 2 N–H and O–H groups in total. The summed E-state index contributed by atoms with van der Waals surface area (Å²) in [5.74, 6) is -0.204. The Morgan fingerprint density at radius 2 is 0.855 bits per heavy atom. The van der Waals surface area contributed by atoms with Gasteiger partial charge in [-0.3, -0.25) is 9.36 Å². The highest BCUT2D eigenvalue weighted by molar-refractivity contribution is 7.45. The third kappa shape index (κ3) is 54.1. The van der Waals surface area contributed by atoms with E-state index in [1.54, 1.807) is 6.08 Å². The molecule has 9 heteroatoms. The molecular weight excluding hydrogens is 876 g/mol. The Hall–Kier alpha value is -1.54. The third-order valence-corrected chi connectivity index (χ3v) is 14.2. The molecule has 1 amide bonds. The van der Waals surface area contributed by atoms with Crippen LogP contribution in [0.3, 0.4) is 0 Å². The molecule has 0 saturated carbocycles. The number of carbonyl (C=O) groups excluding carboxylic acids is 1. The van der Waals surface area contributed by atoms with Gasteiger partial charge in [-0.25, -0.2) is 0 Å². The van der Waals surface area contributed by atoms with Gasteiger partial charge < -0.3 is 28.8 Å². The number of rotatable bonds is 54. The predicted molar refractivity (Wildman–Crippen MR) is 298 cm³/mol. The first-order chi connectivity index (χ1) is 33.5. The molecule has 0 aliphatic rings. The van der Waals surface area contributed by atoms with Crippen molar-refractivity contribution in [3.8, 4) is 0 Å². The van der Waals surface area contributed by atoms with Crippen molar-refractivity contribution in [1.29, 1.82) is 0 Å². The molecule has 3 atom stereocenters. The van der Waals surface area contributed by atoms with Gasteiger partial charge in [-0.2, -0.15) is 0 Å². The zero-order chi connectivity index (χ0) is 50.6. The van der Waals surface area contributed by atoms with Crippen LogP contribution in [0, 0.1) is 0 Å². The smallest absolute Gasteiger partial charge is 0.268 e. The van der Waals surface area contributed by atoms with Crippen LogP contribution in [0.15, 0.2) is 48.6 Å². The molecule has 0 aliphatic carbocycles. The Labute approximate surface area is 429 Å². The Kier molecular flexibility index (Phi) is 50.2. The van der Waals surface area contributed by atoms with Crippen molar-refractivity contribution in [3.05, 3.63) is 48.6 Å². The monoisotopic (exact) mass is 991 g/mol. The Bertz CT molecular complexity index is 1260. The van der Waals surface area contributed by atoms with Crippen LogP contribution < -0.4 is 10.2 Å². The first-order valence-electron chi connectivity index (χ1n) is 29.5. The van der Waals surface area contributed by atoms with Crippen LogP contribution in [0.1, 0.15) is 277 Å². The van der Waals surface area contributed by atoms with Gasteiger partial charge in [-0.1, -0.05) is 255 Å². The number of amides is 1. The van der Waals surface area contributed by atoms with E-state index >= 15 is 0 Å². The first kappa shape index (κ1) is 67.5. The number of aliphatic hydroxyl groups excluding tert-OH is 1. The average molecular weight is 992 g/mol. The van der Waals surface area contributed by atoms with Gasteiger partial charge in [0.1, 0.15) is 13.2 Å². The van der Waals surface area contributed by atoms with E-state index in [9.17, 15) is 19.4 Å². The van der Waals surface area contributed by atoms with E-state index in [1.165, 1.54) is 212 Å². The van der Waals surface area contributed by atoms with E-state index in [-0.39, 0.29) is 12.5 Å². The number of likely N-dealkylation sites (N-methyl/N-ethyl adjacent to an activating group) is 1. The molecule has 0 aromatic rings. The van der Waals surface area contributed by atoms with Crippen molar-refractivity contribution in [3.63, 3.8) is 0 Å². The zero-order valence-corrected chi connectivity index (χ0v) is 47.2. The fourth-order valence-corrected chi connectivity index (χ4v) is 9.34. The topological polar surface area (TPSA) is 108 Å². The van der Waals surface area contributed by atoms with E-state index < -0.39 is 26.6 Å². The maximum Gasteiger partial charge on any atom is 0.268 e. The van der Waals surface area contributed by atoms with Crippen molar-refractivity contribution in [2.24, 2.45) is 0 Å². The number of hydrogen-bond donors (Lipinski definition) is 2. The lowest BCUT2D eigenvalue weighted by atomic mass is 10.0. The molecule has 0 fully saturated rings.